The highest BCUT2D eigenvalue weighted by molar-refractivity contribution is 5.87. The van der Waals surface area contributed by atoms with Gasteiger partial charge in [0.15, 0.2) is 0 Å². The molecular weight excluding hydrogens is 166 g/mol. The van der Waals surface area contributed by atoms with Gasteiger partial charge in [-0.05, 0) is 18.2 Å². The highest BCUT2D eigenvalue weighted by atomic mass is 16.2. The van der Waals surface area contributed by atoms with Crippen LogP contribution in [0.25, 0.3) is 0 Å². The van der Waals surface area contributed by atoms with Gasteiger partial charge in [0, 0.05) is 5.57 Å². The fraction of sp³-hybridized carbons (Fsp3) is 0.444. The molecule has 72 valence electrons. The fourth-order valence-corrected chi connectivity index (χ4v) is 1.55. The van der Waals surface area contributed by atoms with Gasteiger partial charge in [0.25, 0.3) is 0 Å². The minimum absolute atomic E-state index is 0.0411. The molecule has 4 nitrogen and oxygen atoms in total. The Bertz CT molecular complexity index is 279. The van der Waals surface area contributed by atoms with E-state index >= 15 is 0 Å². The first-order valence-electron chi connectivity index (χ1n) is 4.26. The lowest BCUT2D eigenvalue weighted by Gasteiger charge is -2.12. The Hall–Kier alpha value is -1.45. The second kappa shape index (κ2) is 3.51. The Morgan fingerprint density at radius 3 is 2.62 bits per heavy atom. The van der Waals surface area contributed by atoms with Crippen molar-refractivity contribution in [1.82, 2.24) is 5.32 Å². The summed E-state index contributed by atoms with van der Waals surface area (Å²) in [5, 5.41) is 2.59. The fourth-order valence-electron chi connectivity index (χ4n) is 1.55. The Morgan fingerprint density at radius 2 is 2.15 bits per heavy atom. The number of carbonyl (C=O) groups is 1. The van der Waals surface area contributed by atoms with Crippen LogP contribution in [0.1, 0.15) is 13.8 Å². The third-order valence-corrected chi connectivity index (χ3v) is 2.13. The second-order valence-electron chi connectivity index (χ2n) is 3.44. The average molecular weight is 181 g/mol. The predicted octanol–water partition coefficient (Wildman–Crippen LogP) is 0.0311. The molecule has 0 aromatic rings. The molecule has 0 aromatic carbocycles. The van der Waals surface area contributed by atoms with Gasteiger partial charge in [0.1, 0.15) is 5.82 Å². The lowest BCUT2D eigenvalue weighted by Crippen LogP contribution is -2.26. The minimum Gasteiger partial charge on any atom is -0.405 e. The van der Waals surface area contributed by atoms with Crippen molar-refractivity contribution < 1.29 is 4.79 Å². The van der Waals surface area contributed by atoms with E-state index in [1.165, 1.54) is 6.20 Å². The van der Waals surface area contributed by atoms with E-state index in [9.17, 15) is 4.79 Å². The van der Waals surface area contributed by atoms with E-state index in [2.05, 4.69) is 5.32 Å². The Labute approximate surface area is 77.7 Å². The van der Waals surface area contributed by atoms with E-state index in [0.29, 0.717) is 5.82 Å². The first-order chi connectivity index (χ1) is 6.07. The summed E-state index contributed by atoms with van der Waals surface area (Å²) < 4.78 is 0. The molecule has 5 N–H and O–H groups in total. The van der Waals surface area contributed by atoms with Gasteiger partial charge >= 0.3 is 0 Å². The maximum Gasteiger partial charge on any atom is 0.233 e. The molecule has 13 heavy (non-hydrogen) atoms. The Balaban J connectivity index is 2.99. The number of rotatable bonds is 2. The van der Waals surface area contributed by atoms with Crippen molar-refractivity contribution >= 4 is 5.91 Å². The number of hydrogen-bond donors (Lipinski definition) is 3. The van der Waals surface area contributed by atoms with Gasteiger partial charge in [-0.1, -0.05) is 13.8 Å². The number of allylic oxidation sites excluding steroid dienone is 1. The largest absolute Gasteiger partial charge is 0.405 e. The Kier molecular flexibility index (Phi) is 2.60. The highest BCUT2D eigenvalue weighted by Gasteiger charge is 2.32. The lowest BCUT2D eigenvalue weighted by molar-refractivity contribution is -0.123. The number of amides is 1. The van der Waals surface area contributed by atoms with Crippen molar-refractivity contribution in [3.63, 3.8) is 0 Å². The molecule has 0 aliphatic carbocycles. The van der Waals surface area contributed by atoms with Gasteiger partial charge in [-0.3, -0.25) is 4.79 Å². The minimum atomic E-state index is -0.167. The van der Waals surface area contributed by atoms with Crippen LogP contribution in [0.5, 0.6) is 0 Å². The molecule has 1 aliphatic rings. The molecular formula is C9H15N3O. The second-order valence-corrected chi connectivity index (χ2v) is 3.44. The zero-order chi connectivity index (χ0) is 10.0. The molecule has 0 saturated carbocycles. The zero-order valence-electron chi connectivity index (χ0n) is 7.87. The van der Waals surface area contributed by atoms with Crippen LogP contribution in [0.3, 0.4) is 0 Å². The molecule has 0 aromatic heterocycles. The summed E-state index contributed by atoms with van der Waals surface area (Å²) in [6, 6.07) is 0. The monoisotopic (exact) mass is 181 g/mol. The summed E-state index contributed by atoms with van der Waals surface area (Å²) in [7, 11) is 0. The number of nitrogens with two attached hydrogens (primary N) is 2. The summed E-state index contributed by atoms with van der Waals surface area (Å²) in [5.74, 6) is 0.443. The van der Waals surface area contributed by atoms with Gasteiger partial charge in [-0.25, -0.2) is 0 Å². The lowest BCUT2D eigenvalue weighted by atomic mass is 9.89. The third-order valence-electron chi connectivity index (χ3n) is 2.13. The van der Waals surface area contributed by atoms with Crippen molar-refractivity contribution in [3.8, 4) is 0 Å². The van der Waals surface area contributed by atoms with E-state index in [1.807, 2.05) is 13.8 Å². The summed E-state index contributed by atoms with van der Waals surface area (Å²) in [6.07, 6.45) is 3.08. The molecule has 1 aliphatic heterocycles. The normalized spacial score (nSPS) is 23.3. The van der Waals surface area contributed by atoms with E-state index < -0.39 is 0 Å². The van der Waals surface area contributed by atoms with E-state index in [0.717, 1.165) is 5.57 Å². The maximum absolute atomic E-state index is 11.4. The molecule has 1 atom stereocenters. The van der Waals surface area contributed by atoms with Gasteiger partial charge in [0.2, 0.25) is 5.91 Å². The van der Waals surface area contributed by atoms with Crippen molar-refractivity contribution in [1.29, 1.82) is 0 Å². The van der Waals surface area contributed by atoms with Crippen molar-refractivity contribution in [3.05, 3.63) is 23.7 Å². The topological polar surface area (TPSA) is 81.1 Å². The van der Waals surface area contributed by atoms with Crippen LogP contribution in [0.4, 0.5) is 0 Å². The quantitative estimate of drug-likeness (QED) is 0.562. The first-order valence-corrected chi connectivity index (χ1v) is 4.26. The van der Waals surface area contributed by atoms with Crippen LogP contribution in [-0.2, 0) is 4.79 Å². The van der Waals surface area contributed by atoms with Crippen LogP contribution in [0.15, 0.2) is 23.7 Å². The summed E-state index contributed by atoms with van der Waals surface area (Å²) in [5.41, 5.74) is 11.7. The first kappa shape index (κ1) is 9.64. The zero-order valence-corrected chi connectivity index (χ0v) is 7.87. The molecule has 4 heteroatoms. The summed E-state index contributed by atoms with van der Waals surface area (Å²) in [4.78, 5) is 11.4. The standard InChI is InChI=1S/C9H15N3O/c1-5(2)7-6(3-4-10)8(11)12-9(7)13/h3-5,7H,10-11H2,1-2H3,(H,12,13)/b4-3-. The van der Waals surface area contributed by atoms with Gasteiger partial charge in [-0.2, -0.15) is 0 Å². The molecule has 0 spiro atoms. The van der Waals surface area contributed by atoms with Gasteiger partial charge in [0.05, 0.1) is 5.92 Å². The van der Waals surface area contributed by atoms with E-state index in [-0.39, 0.29) is 17.7 Å². The molecule has 1 heterocycles. The molecule has 0 saturated heterocycles. The number of hydrogen-bond acceptors (Lipinski definition) is 3. The summed E-state index contributed by atoms with van der Waals surface area (Å²) in [6.45, 7) is 3.96. The maximum atomic E-state index is 11.4. The third kappa shape index (κ3) is 1.66. The van der Waals surface area contributed by atoms with Crippen LogP contribution in [0.2, 0.25) is 0 Å². The molecule has 1 unspecified atom stereocenters. The molecule has 1 rings (SSSR count). The van der Waals surface area contributed by atoms with E-state index in [4.69, 9.17) is 11.5 Å². The molecule has 0 radical (unpaired) electrons. The molecule has 0 fully saturated rings. The molecule has 0 bridgehead atoms. The SMILES string of the molecule is CC(C)C1C(=O)NC(N)=C1/C=C\N. The number of carbonyl (C=O) groups excluding carboxylic acids is 1. The van der Waals surface area contributed by atoms with Crippen molar-refractivity contribution in [2.45, 2.75) is 13.8 Å². The smallest absolute Gasteiger partial charge is 0.233 e. The van der Waals surface area contributed by atoms with Gasteiger partial charge < -0.3 is 16.8 Å². The van der Waals surface area contributed by atoms with Crippen LogP contribution in [-0.4, -0.2) is 5.91 Å². The van der Waals surface area contributed by atoms with Crippen LogP contribution < -0.4 is 16.8 Å². The van der Waals surface area contributed by atoms with Crippen molar-refractivity contribution in [2.75, 3.05) is 0 Å². The van der Waals surface area contributed by atoms with Crippen LogP contribution >= 0.6 is 0 Å². The predicted molar refractivity (Wildman–Crippen MR) is 51.0 cm³/mol. The average Bonchev–Trinajstić information content (AvgIpc) is 2.27. The van der Waals surface area contributed by atoms with Crippen molar-refractivity contribution in [2.24, 2.45) is 23.3 Å². The number of nitrogens with one attached hydrogen (secondary N) is 1. The highest BCUT2D eigenvalue weighted by Crippen LogP contribution is 2.27. The molecule has 1 amide bonds. The van der Waals surface area contributed by atoms with Gasteiger partial charge in [-0.15, -0.1) is 0 Å². The van der Waals surface area contributed by atoms with E-state index in [1.54, 1.807) is 6.08 Å². The Morgan fingerprint density at radius 1 is 1.54 bits per heavy atom. The van der Waals surface area contributed by atoms with Crippen LogP contribution in [0, 0.1) is 11.8 Å². The summed E-state index contributed by atoms with van der Waals surface area (Å²) >= 11 is 0.